The van der Waals surface area contributed by atoms with Gasteiger partial charge in [0.1, 0.15) is 0 Å². The van der Waals surface area contributed by atoms with Gasteiger partial charge in [0, 0.05) is 13.5 Å². The number of hydroxylamine groups is 1. The molecule has 0 aliphatic carbocycles. The summed E-state index contributed by atoms with van der Waals surface area (Å²) < 4.78 is 5.24. The Kier molecular flexibility index (Phi) is 5.87. The maximum Gasteiger partial charge on any atom is 0.362 e. The minimum Gasteiger partial charge on any atom is -0.381 e. The van der Waals surface area contributed by atoms with Crippen molar-refractivity contribution in [3.8, 4) is 0 Å². The van der Waals surface area contributed by atoms with Gasteiger partial charge in [-0.25, -0.2) is 4.79 Å². The van der Waals surface area contributed by atoms with Crippen molar-refractivity contribution in [3.63, 3.8) is 0 Å². The summed E-state index contributed by atoms with van der Waals surface area (Å²) >= 11 is 0. The van der Waals surface area contributed by atoms with Crippen molar-refractivity contribution in [2.75, 3.05) is 13.2 Å². The zero-order valence-electron chi connectivity index (χ0n) is 10.6. The van der Waals surface area contributed by atoms with Gasteiger partial charge in [0.15, 0.2) is 0 Å². The summed E-state index contributed by atoms with van der Waals surface area (Å²) in [6.07, 6.45) is 0.800. The number of benzene rings is 1. The van der Waals surface area contributed by atoms with Gasteiger partial charge in [-0.05, 0) is 31.0 Å². The maximum absolute atomic E-state index is 11.5. The molecule has 5 heteroatoms. The summed E-state index contributed by atoms with van der Waals surface area (Å²) in [6.45, 7) is 4.57. The molecule has 0 spiro atoms. The van der Waals surface area contributed by atoms with Crippen LogP contribution in [0.15, 0.2) is 24.3 Å². The Labute approximate surface area is 106 Å². The lowest BCUT2D eigenvalue weighted by Gasteiger charge is -2.05. The third kappa shape index (κ3) is 4.97. The number of amides is 1. The number of carbonyl (C=O) groups is 2. The summed E-state index contributed by atoms with van der Waals surface area (Å²) in [5, 5.41) is 0. The highest BCUT2D eigenvalue weighted by Crippen LogP contribution is 2.06. The van der Waals surface area contributed by atoms with Gasteiger partial charge in [-0.1, -0.05) is 12.1 Å². The predicted molar refractivity (Wildman–Crippen MR) is 65.9 cm³/mol. The van der Waals surface area contributed by atoms with E-state index in [1.165, 1.54) is 6.92 Å². The molecule has 0 radical (unpaired) electrons. The average molecular weight is 251 g/mol. The van der Waals surface area contributed by atoms with Gasteiger partial charge in [0.05, 0.1) is 12.2 Å². The molecule has 1 aromatic carbocycles. The van der Waals surface area contributed by atoms with Crippen molar-refractivity contribution in [3.05, 3.63) is 35.4 Å². The summed E-state index contributed by atoms with van der Waals surface area (Å²) in [5.41, 5.74) is 3.47. The van der Waals surface area contributed by atoms with Crippen molar-refractivity contribution in [2.24, 2.45) is 0 Å². The van der Waals surface area contributed by atoms with E-state index < -0.39 is 11.9 Å². The quantitative estimate of drug-likeness (QED) is 0.636. The molecule has 0 unspecified atom stereocenters. The van der Waals surface area contributed by atoms with E-state index in [4.69, 9.17) is 4.74 Å². The van der Waals surface area contributed by atoms with E-state index in [-0.39, 0.29) is 0 Å². The van der Waals surface area contributed by atoms with E-state index in [0.717, 1.165) is 12.0 Å². The second-order valence-electron chi connectivity index (χ2n) is 3.69. The number of carbonyl (C=O) groups excluding carboxylic acids is 2. The molecule has 1 rings (SSSR count). The van der Waals surface area contributed by atoms with Crippen LogP contribution >= 0.6 is 0 Å². The first-order valence-corrected chi connectivity index (χ1v) is 5.78. The zero-order chi connectivity index (χ0) is 13.4. The van der Waals surface area contributed by atoms with E-state index in [0.29, 0.717) is 18.8 Å². The van der Waals surface area contributed by atoms with Crippen molar-refractivity contribution >= 4 is 11.9 Å². The Balaban J connectivity index is 2.48. The number of hydrogen-bond donors (Lipinski definition) is 1. The van der Waals surface area contributed by atoms with E-state index in [2.05, 4.69) is 4.84 Å². The van der Waals surface area contributed by atoms with Crippen LogP contribution in [0.3, 0.4) is 0 Å². The molecular formula is C13H17NO4. The minimum atomic E-state index is -0.582. The fourth-order valence-electron chi connectivity index (χ4n) is 1.32. The molecule has 1 amide bonds. The smallest absolute Gasteiger partial charge is 0.362 e. The van der Waals surface area contributed by atoms with Crippen LogP contribution in [-0.4, -0.2) is 25.1 Å². The van der Waals surface area contributed by atoms with Crippen LogP contribution in [0.1, 0.15) is 29.8 Å². The topological polar surface area (TPSA) is 64.6 Å². The molecule has 0 aliphatic heterocycles. The molecule has 0 bridgehead atoms. The first kappa shape index (κ1) is 14.2. The summed E-state index contributed by atoms with van der Waals surface area (Å²) in [5.74, 6) is -1.00. The Hall–Kier alpha value is -1.88. The third-order valence-electron chi connectivity index (χ3n) is 2.22. The number of nitrogens with one attached hydrogen (secondary N) is 1. The Bertz CT molecular complexity index is 400. The first-order chi connectivity index (χ1) is 8.63. The van der Waals surface area contributed by atoms with Gasteiger partial charge in [0.25, 0.3) is 0 Å². The number of rotatable bonds is 5. The van der Waals surface area contributed by atoms with Crippen LogP contribution in [0.4, 0.5) is 0 Å². The van der Waals surface area contributed by atoms with Crippen molar-refractivity contribution in [1.29, 1.82) is 0 Å². The molecule has 0 fully saturated rings. The van der Waals surface area contributed by atoms with Gasteiger partial charge in [-0.2, -0.15) is 5.48 Å². The number of ether oxygens (including phenoxy) is 1. The molecule has 0 aromatic heterocycles. The van der Waals surface area contributed by atoms with Gasteiger partial charge in [-0.15, -0.1) is 0 Å². The van der Waals surface area contributed by atoms with Crippen LogP contribution < -0.4 is 5.48 Å². The van der Waals surface area contributed by atoms with Crippen LogP contribution in [0.25, 0.3) is 0 Å². The lowest BCUT2D eigenvalue weighted by atomic mass is 10.1. The second kappa shape index (κ2) is 7.45. The fraction of sp³-hybridized carbons (Fsp3) is 0.385. The van der Waals surface area contributed by atoms with Crippen LogP contribution in [0.2, 0.25) is 0 Å². The van der Waals surface area contributed by atoms with Crippen LogP contribution in [-0.2, 0) is 20.8 Å². The third-order valence-corrected chi connectivity index (χ3v) is 2.22. The Morgan fingerprint density at radius 3 is 2.44 bits per heavy atom. The summed E-state index contributed by atoms with van der Waals surface area (Å²) in [6, 6.07) is 6.99. The van der Waals surface area contributed by atoms with E-state index in [9.17, 15) is 9.59 Å². The van der Waals surface area contributed by atoms with E-state index >= 15 is 0 Å². The lowest BCUT2D eigenvalue weighted by Crippen LogP contribution is -2.24. The summed E-state index contributed by atoms with van der Waals surface area (Å²) in [7, 11) is 0. The van der Waals surface area contributed by atoms with Crippen LogP contribution in [0, 0.1) is 0 Å². The first-order valence-electron chi connectivity index (χ1n) is 5.78. The fourth-order valence-corrected chi connectivity index (χ4v) is 1.32. The lowest BCUT2D eigenvalue weighted by molar-refractivity contribution is -0.127. The molecule has 5 nitrogen and oxygen atoms in total. The normalized spacial score (nSPS) is 9.89. The summed E-state index contributed by atoms with van der Waals surface area (Å²) in [4.78, 5) is 26.6. The molecule has 0 heterocycles. The molecule has 1 aromatic rings. The molecule has 0 saturated heterocycles. The van der Waals surface area contributed by atoms with Crippen molar-refractivity contribution < 1.29 is 19.2 Å². The number of hydrogen-bond acceptors (Lipinski definition) is 4. The maximum atomic E-state index is 11.5. The monoisotopic (exact) mass is 251 g/mol. The molecular weight excluding hydrogens is 234 g/mol. The molecule has 1 N–H and O–H groups in total. The SMILES string of the molecule is CCOCCc1ccc(C(=O)ONC(C)=O)cc1. The highest BCUT2D eigenvalue weighted by atomic mass is 16.7. The van der Waals surface area contributed by atoms with Crippen molar-refractivity contribution in [2.45, 2.75) is 20.3 Å². The van der Waals surface area contributed by atoms with Gasteiger partial charge in [0.2, 0.25) is 5.91 Å². The minimum absolute atomic E-state index is 0.393. The molecule has 18 heavy (non-hydrogen) atoms. The molecule has 0 aliphatic rings. The van der Waals surface area contributed by atoms with E-state index in [1.807, 2.05) is 24.5 Å². The zero-order valence-corrected chi connectivity index (χ0v) is 10.6. The second-order valence-corrected chi connectivity index (χ2v) is 3.69. The van der Waals surface area contributed by atoms with Gasteiger partial charge in [-0.3, -0.25) is 4.79 Å². The highest BCUT2D eigenvalue weighted by molar-refractivity contribution is 5.90. The molecule has 0 atom stereocenters. The predicted octanol–water partition coefficient (Wildman–Crippen LogP) is 1.47. The molecule has 0 saturated carbocycles. The Morgan fingerprint density at radius 1 is 1.22 bits per heavy atom. The van der Waals surface area contributed by atoms with Crippen molar-refractivity contribution in [1.82, 2.24) is 5.48 Å². The molecule has 98 valence electrons. The Morgan fingerprint density at radius 2 is 1.89 bits per heavy atom. The largest absolute Gasteiger partial charge is 0.381 e. The van der Waals surface area contributed by atoms with E-state index in [1.54, 1.807) is 12.1 Å². The van der Waals surface area contributed by atoms with Crippen LogP contribution in [0.5, 0.6) is 0 Å². The standard InChI is InChI=1S/C13H17NO4/c1-3-17-9-8-11-4-6-12(7-5-11)13(16)18-14-10(2)15/h4-7H,3,8-9H2,1-2H3,(H,14,15). The van der Waals surface area contributed by atoms with Gasteiger partial charge >= 0.3 is 5.97 Å². The highest BCUT2D eigenvalue weighted by Gasteiger charge is 2.07. The van der Waals surface area contributed by atoms with Gasteiger partial charge < -0.3 is 9.57 Å². The average Bonchev–Trinajstić information content (AvgIpc) is 2.37.